The van der Waals surface area contributed by atoms with Gasteiger partial charge in [0, 0.05) is 13.0 Å². The number of likely N-dealkylation sites (tertiary alicyclic amines) is 1. The SMILES string of the molecule is Cc1ccc(CN2C(=O)CC[C@H]2C(N)=NCc2ccc(O)cc2)cc1.Cl. The van der Waals surface area contributed by atoms with Gasteiger partial charge in [0.15, 0.2) is 0 Å². The highest BCUT2D eigenvalue weighted by Crippen LogP contribution is 2.22. The third kappa shape index (κ3) is 4.76. The van der Waals surface area contributed by atoms with Crippen LogP contribution in [0.4, 0.5) is 0 Å². The number of nitrogens with two attached hydrogens (primary N) is 1. The molecule has 6 heteroatoms. The van der Waals surface area contributed by atoms with Gasteiger partial charge in [0.05, 0.1) is 12.6 Å². The number of benzene rings is 2. The van der Waals surface area contributed by atoms with E-state index >= 15 is 0 Å². The van der Waals surface area contributed by atoms with Crippen molar-refractivity contribution in [2.75, 3.05) is 0 Å². The fraction of sp³-hybridized carbons (Fsp3) is 0.300. The second kappa shape index (κ2) is 8.72. The number of amides is 1. The van der Waals surface area contributed by atoms with Crippen molar-refractivity contribution in [2.24, 2.45) is 10.7 Å². The Bertz CT molecular complexity index is 773. The molecule has 1 heterocycles. The van der Waals surface area contributed by atoms with Crippen LogP contribution in [0.15, 0.2) is 53.5 Å². The predicted octanol–water partition coefficient (Wildman–Crippen LogP) is 3.17. The molecule has 1 aliphatic rings. The summed E-state index contributed by atoms with van der Waals surface area (Å²) in [5.41, 5.74) is 9.45. The van der Waals surface area contributed by atoms with Crippen molar-refractivity contribution >= 4 is 24.1 Å². The third-order valence-corrected chi connectivity index (χ3v) is 4.52. The standard InChI is InChI=1S/C20H23N3O2.ClH/c1-14-2-4-16(5-3-14)13-23-18(10-11-19(23)25)20(21)22-12-15-6-8-17(24)9-7-15;/h2-9,18,24H,10-13H2,1H3,(H2,21,22);1H/t18-;/m0./s1. The van der Waals surface area contributed by atoms with Crippen LogP contribution in [0, 0.1) is 6.92 Å². The topological polar surface area (TPSA) is 78.9 Å². The molecule has 0 unspecified atom stereocenters. The lowest BCUT2D eigenvalue weighted by Gasteiger charge is -2.24. The Morgan fingerprint density at radius 3 is 2.42 bits per heavy atom. The predicted molar refractivity (Wildman–Crippen MR) is 105 cm³/mol. The summed E-state index contributed by atoms with van der Waals surface area (Å²) in [6, 6.07) is 14.9. The van der Waals surface area contributed by atoms with Gasteiger partial charge in [-0.3, -0.25) is 9.79 Å². The molecule has 0 bridgehead atoms. The Balaban J connectivity index is 0.00000243. The highest BCUT2D eigenvalue weighted by molar-refractivity contribution is 5.93. The number of aryl methyl sites for hydroxylation is 1. The van der Waals surface area contributed by atoms with E-state index in [1.807, 2.05) is 48.2 Å². The molecule has 0 saturated carbocycles. The van der Waals surface area contributed by atoms with Crippen LogP contribution < -0.4 is 5.73 Å². The maximum absolute atomic E-state index is 12.3. The molecule has 0 spiro atoms. The van der Waals surface area contributed by atoms with Crippen molar-refractivity contribution < 1.29 is 9.90 Å². The van der Waals surface area contributed by atoms with Gasteiger partial charge in [-0.25, -0.2) is 0 Å². The molecular formula is C20H24ClN3O2. The zero-order valence-electron chi connectivity index (χ0n) is 14.8. The Morgan fingerprint density at radius 1 is 1.15 bits per heavy atom. The molecule has 1 aliphatic heterocycles. The average molecular weight is 374 g/mol. The molecule has 138 valence electrons. The maximum Gasteiger partial charge on any atom is 0.223 e. The van der Waals surface area contributed by atoms with Crippen LogP contribution >= 0.6 is 12.4 Å². The fourth-order valence-electron chi connectivity index (χ4n) is 3.02. The number of nitrogens with zero attached hydrogens (tertiary/aromatic N) is 2. The van der Waals surface area contributed by atoms with E-state index in [-0.39, 0.29) is 30.1 Å². The van der Waals surface area contributed by atoms with Gasteiger partial charge < -0.3 is 15.7 Å². The number of phenolic OH excluding ortho intramolecular Hbond substituents is 1. The first-order chi connectivity index (χ1) is 12.0. The molecule has 1 atom stereocenters. The minimum absolute atomic E-state index is 0. The summed E-state index contributed by atoms with van der Waals surface area (Å²) >= 11 is 0. The van der Waals surface area contributed by atoms with Crippen LogP contribution in [-0.4, -0.2) is 27.8 Å². The molecule has 1 amide bonds. The zero-order valence-corrected chi connectivity index (χ0v) is 15.6. The average Bonchev–Trinajstić information content (AvgIpc) is 2.97. The number of carbonyl (C=O) groups is 1. The summed E-state index contributed by atoms with van der Waals surface area (Å²) in [4.78, 5) is 18.5. The van der Waals surface area contributed by atoms with E-state index in [1.165, 1.54) is 5.56 Å². The molecule has 0 radical (unpaired) electrons. The van der Waals surface area contributed by atoms with Crippen LogP contribution in [0.25, 0.3) is 0 Å². The number of hydrogen-bond acceptors (Lipinski definition) is 3. The fourth-order valence-corrected chi connectivity index (χ4v) is 3.02. The lowest BCUT2D eigenvalue weighted by Crippen LogP contribution is -2.42. The lowest BCUT2D eigenvalue weighted by atomic mass is 10.1. The summed E-state index contributed by atoms with van der Waals surface area (Å²) < 4.78 is 0. The summed E-state index contributed by atoms with van der Waals surface area (Å²) in [5, 5.41) is 9.32. The van der Waals surface area contributed by atoms with Crippen molar-refractivity contribution in [1.29, 1.82) is 0 Å². The number of carbonyl (C=O) groups excluding carboxylic acids is 1. The number of halogens is 1. The van der Waals surface area contributed by atoms with Gasteiger partial charge in [-0.05, 0) is 36.6 Å². The Kier molecular flexibility index (Phi) is 6.64. The van der Waals surface area contributed by atoms with Gasteiger partial charge >= 0.3 is 0 Å². The minimum atomic E-state index is -0.147. The smallest absolute Gasteiger partial charge is 0.223 e. The van der Waals surface area contributed by atoms with Gasteiger partial charge in [0.1, 0.15) is 11.6 Å². The lowest BCUT2D eigenvalue weighted by molar-refractivity contribution is -0.128. The second-order valence-electron chi connectivity index (χ2n) is 6.47. The van der Waals surface area contributed by atoms with E-state index in [4.69, 9.17) is 5.73 Å². The quantitative estimate of drug-likeness (QED) is 0.624. The van der Waals surface area contributed by atoms with Crippen LogP contribution in [-0.2, 0) is 17.9 Å². The molecule has 2 aromatic carbocycles. The van der Waals surface area contributed by atoms with Crippen LogP contribution in [0.5, 0.6) is 5.75 Å². The van der Waals surface area contributed by atoms with E-state index in [2.05, 4.69) is 4.99 Å². The van der Waals surface area contributed by atoms with Gasteiger partial charge in [0.2, 0.25) is 5.91 Å². The molecule has 1 saturated heterocycles. The molecule has 1 fully saturated rings. The minimum Gasteiger partial charge on any atom is -0.508 e. The van der Waals surface area contributed by atoms with Gasteiger partial charge in [-0.2, -0.15) is 0 Å². The molecule has 5 nitrogen and oxygen atoms in total. The first kappa shape index (κ1) is 19.8. The van der Waals surface area contributed by atoms with E-state index in [0.717, 1.165) is 11.1 Å². The third-order valence-electron chi connectivity index (χ3n) is 4.52. The van der Waals surface area contributed by atoms with Gasteiger partial charge in [-0.15, -0.1) is 12.4 Å². The van der Waals surface area contributed by atoms with Crippen LogP contribution in [0.1, 0.15) is 29.5 Å². The van der Waals surface area contributed by atoms with Crippen LogP contribution in [0.3, 0.4) is 0 Å². The summed E-state index contributed by atoms with van der Waals surface area (Å²) in [6.07, 6.45) is 1.21. The zero-order chi connectivity index (χ0) is 17.8. The molecule has 26 heavy (non-hydrogen) atoms. The van der Waals surface area contributed by atoms with E-state index in [0.29, 0.717) is 31.8 Å². The summed E-state index contributed by atoms with van der Waals surface area (Å²) in [6.45, 7) is 3.04. The van der Waals surface area contributed by atoms with Crippen LogP contribution in [0.2, 0.25) is 0 Å². The largest absolute Gasteiger partial charge is 0.508 e. The second-order valence-corrected chi connectivity index (χ2v) is 6.47. The number of aromatic hydroxyl groups is 1. The van der Waals surface area contributed by atoms with Crippen molar-refractivity contribution in [3.05, 3.63) is 65.2 Å². The number of rotatable bonds is 5. The maximum atomic E-state index is 12.3. The number of hydrogen-bond donors (Lipinski definition) is 2. The molecule has 0 aromatic heterocycles. The van der Waals surface area contributed by atoms with E-state index < -0.39 is 0 Å². The Hall–Kier alpha value is -2.53. The van der Waals surface area contributed by atoms with Gasteiger partial charge in [-0.1, -0.05) is 42.0 Å². The normalized spacial score (nSPS) is 17.3. The molecule has 2 aromatic rings. The molecule has 3 rings (SSSR count). The van der Waals surface area contributed by atoms with Crippen molar-refractivity contribution in [3.8, 4) is 5.75 Å². The van der Waals surface area contributed by atoms with Crippen molar-refractivity contribution in [2.45, 2.75) is 38.9 Å². The van der Waals surface area contributed by atoms with E-state index in [1.54, 1.807) is 12.1 Å². The van der Waals surface area contributed by atoms with E-state index in [9.17, 15) is 9.90 Å². The first-order valence-electron chi connectivity index (χ1n) is 8.45. The molecular weight excluding hydrogens is 350 g/mol. The first-order valence-corrected chi connectivity index (χ1v) is 8.45. The molecule has 3 N–H and O–H groups in total. The Labute approximate surface area is 160 Å². The van der Waals surface area contributed by atoms with Gasteiger partial charge in [0.25, 0.3) is 0 Å². The summed E-state index contributed by atoms with van der Waals surface area (Å²) in [5.74, 6) is 0.839. The summed E-state index contributed by atoms with van der Waals surface area (Å²) in [7, 11) is 0. The number of phenols is 1. The monoisotopic (exact) mass is 373 g/mol. The highest BCUT2D eigenvalue weighted by atomic mass is 35.5. The number of amidine groups is 1. The number of aliphatic imine (C=N–C) groups is 1. The van der Waals surface area contributed by atoms with Crippen molar-refractivity contribution in [3.63, 3.8) is 0 Å². The van der Waals surface area contributed by atoms with Crippen molar-refractivity contribution in [1.82, 2.24) is 4.90 Å². The highest BCUT2D eigenvalue weighted by Gasteiger charge is 2.33. The molecule has 0 aliphatic carbocycles. The Morgan fingerprint density at radius 2 is 1.77 bits per heavy atom.